The summed E-state index contributed by atoms with van der Waals surface area (Å²) in [6.07, 6.45) is 0. The predicted octanol–water partition coefficient (Wildman–Crippen LogP) is 2.05. The van der Waals surface area contributed by atoms with E-state index in [-0.39, 0.29) is 0 Å². The summed E-state index contributed by atoms with van der Waals surface area (Å²) in [7, 11) is 0. The third-order valence-electron chi connectivity index (χ3n) is 3.20. The number of hydrogen-bond acceptors (Lipinski definition) is 4. The standard InChI is InChI=1S/C15H19N3O2/c1-4-20-15(19)14(16)13-10(2)17-18(11(13)3)12-8-6-5-7-9-12/h5-9,14H,4,16H2,1-3H3/t14-/m1/s1. The number of aromatic nitrogens is 2. The zero-order valence-electron chi connectivity index (χ0n) is 12.0. The van der Waals surface area contributed by atoms with Gasteiger partial charge in [0.15, 0.2) is 0 Å². The topological polar surface area (TPSA) is 70.1 Å². The minimum Gasteiger partial charge on any atom is -0.465 e. The maximum Gasteiger partial charge on any atom is 0.327 e. The molecule has 2 aromatic rings. The van der Waals surface area contributed by atoms with Crippen LogP contribution in [-0.4, -0.2) is 22.4 Å². The van der Waals surface area contributed by atoms with Crippen LogP contribution in [0.1, 0.15) is 29.9 Å². The number of rotatable bonds is 4. The van der Waals surface area contributed by atoms with Crippen LogP contribution in [0.2, 0.25) is 0 Å². The van der Waals surface area contributed by atoms with Crippen LogP contribution >= 0.6 is 0 Å². The highest BCUT2D eigenvalue weighted by Gasteiger charge is 2.25. The van der Waals surface area contributed by atoms with E-state index in [9.17, 15) is 4.79 Å². The van der Waals surface area contributed by atoms with Gasteiger partial charge in [-0.1, -0.05) is 18.2 Å². The first-order valence-corrected chi connectivity index (χ1v) is 6.60. The maximum absolute atomic E-state index is 11.8. The lowest BCUT2D eigenvalue weighted by atomic mass is 10.1. The summed E-state index contributed by atoms with van der Waals surface area (Å²) in [6.45, 7) is 5.83. The number of benzene rings is 1. The number of carbonyl (C=O) groups excluding carboxylic acids is 1. The molecule has 0 unspecified atom stereocenters. The van der Waals surface area contributed by atoms with Gasteiger partial charge < -0.3 is 10.5 Å². The molecule has 0 bridgehead atoms. The van der Waals surface area contributed by atoms with E-state index < -0.39 is 12.0 Å². The molecule has 0 aliphatic rings. The molecule has 106 valence electrons. The van der Waals surface area contributed by atoms with Crippen molar-refractivity contribution >= 4 is 5.97 Å². The van der Waals surface area contributed by atoms with Gasteiger partial charge in [0, 0.05) is 11.3 Å². The monoisotopic (exact) mass is 273 g/mol. The Kier molecular flexibility index (Phi) is 4.20. The largest absolute Gasteiger partial charge is 0.465 e. The molecule has 0 fully saturated rings. The van der Waals surface area contributed by atoms with Crippen molar-refractivity contribution in [3.05, 3.63) is 47.3 Å². The second kappa shape index (κ2) is 5.88. The Balaban J connectivity index is 2.42. The smallest absolute Gasteiger partial charge is 0.327 e. The molecule has 5 heteroatoms. The highest BCUT2D eigenvalue weighted by molar-refractivity contribution is 5.78. The van der Waals surface area contributed by atoms with Crippen LogP contribution in [0.15, 0.2) is 30.3 Å². The highest BCUT2D eigenvalue weighted by atomic mass is 16.5. The van der Waals surface area contributed by atoms with Crippen molar-refractivity contribution < 1.29 is 9.53 Å². The fraction of sp³-hybridized carbons (Fsp3) is 0.333. The third-order valence-corrected chi connectivity index (χ3v) is 3.20. The number of aryl methyl sites for hydroxylation is 1. The third kappa shape index (κ3) is 2.58. The van der Waals surface area contributed by atoms with E-state index in [4.69, 9.17) is 10.5 Å². The summed E-state index contributed by atoms with van der Waals surface area (Å²) in [5.41, 5.74) is 9.26. The number of ether oxygens (including phenoxy) is 1. The van der Waals surface area contributed by atoms with Gasteiger partial charge in [0.25, 0.3) is 0 Å². The molecule has 2 N–H and O–H groups in total. The summed E-state index contributed by atoms with van der Waals surface area (Å²) < 4.78 is 6.78. The molecule has 5 nitrogen and oxygen atoms in total. The molecule has 0 radical (unpaired) electrons. The normalized spacial score (nSPS) is 12.2. The van der Waals surface area contributed by atoms with Gasteiger partial charge in [-0.3, -0.25) is 0 Å². The van der Waals surface area contributed by atoms with Gasteiger partial charge in [-0.05, 0) is 32.9 Å². The van der Waals surface area contributed by atoms with E-state index in [0.717, 1.165) is 22.6 Å². The highest BCUT2D eigenvalue weighted by Crippen LogP contribution is 2.23. The number of hydrogen-bond donors (Lipinski definition) is 1. The molecule has 20 heavy (non-hydrogen) atoms. The first kappa shape index (κ1) is 14.3. The van der Waals surface area contributed by atoms with Crippen molar-refractivity contribution in [1.29, 1.82) is 0 Å². The lowest BCUT2D eigenvalue weighted by molar-refractivity contribution is -0.144. The number of para-hydroxylation sites is 1. The van der Waals surface area contributed by atoms with Crippen molar-refractivity contribution in [2.45, 2.75) is 26.8 Å². The maximum atomic E-state index is 11.8. The van der Waals surface area contributed by atoms with Crippen LogP contribution in [0.25, 0.3) is 5.69 Å². The lowest BCUT2D eigenvalue weighted by Crippen LogP contribution is -2.24. The van der Waals surface area contributed by atoms with Crippen molar-refractivity contribution in [3.8, 4) is 5.69 Å². The molecule has 2 rings (SSSR count). The Morgan fingerprint density at radius 3 is 2.60 bits per heavy atom. The lowest BCUT2D eigenvalue weighted by Gasteiger charge is -2.11. The first-order valence-electron chi connectivity index (χ1n) is 6.60. The minimum atomic E-state index is -0.799. The molecule has 1 atom stereocenters. The zero-order chi connectivity index (χ0) is 14.7. The van der Waals surface area contributed by atoms with Crippen LogP contribution in [0.3, 0.4) is 0 Å². The average Bonchev–Trinajstić information content (AvgIpc) is 2.74. The average molecular weight is 273 g/mol. The molecule has 0 aliphatic heterocycles. The quantitative estimate of drug-likeness (QED) is 0.866. The van der Waals surface area contributed by atoms with E-state index in [0.29, 0.717) is 6.61 Å². The van der Waals surface area contributed by atoms with Crippen molar-refractivity contribution in [2.24, 2.45) is 5.73 Å². The van der Waals surface area contributed by atoms with Crippen LogP contribution in [0.4, 0.5) is 0 Å². The molecular weight excluding hydrogens is 254 g/mol. The van der Waals surface area contributed by atoms with Crippen LogP contribution in [0.5, 0.6) is 0 Å². The number of carbonyl (C=O) groups is 1. The van der Waals surface area contributed by atoms with Gasteiger partial charge in [-0.25, -0.2) is 9.48 Å². The van der Waals surface area contributed by atoms with E-state index in [2.05, 4.69) is 5.10 Å². The molecule has 0 saturated heterocycles. The van der Waals surface area contributed by atoms with Gasteiger partial charge in [0.2, 0.25) is 0 Å². The summed E-state index contributed by atoms with van der Waals surface area (Å²) in [5, 5.41) is 4.47. The van der Waals surface area contributed by atoms with Crippen molar-refractivity contribution in [2.75, 3.05) is 6.61 Å². The van der Waals surface area contributed by atoms with E-state index in [1.54, 1.807) is 11.6 Å². The number of esters is 1. The molecule has 1 aromatic carbocycles. The van der Waals surface area contributed by atoms with Crippen LogP contribution in [-0.2, 0) is 9.53 Å². The van der Waals surface area contributed by atoms with Gasteiger partial charge in [0.1, 0.15) is 6.04 Å². The SMILES string of the molecule is CCOC(=O)[C@H](N)c1c(C)nn(-c2ccccc2)c1C. The molecule has 0 spiro atoms. The van der Waals surface area contributed by atoms with E-state index >= 15 is 0 Å². The summed E-state index contributed by atoms with van der Waals surface area (Å²) >= 11 is 0. The molecule has 0 saturated carbocycles. The van der Waals surface area contributed by atoms with E-state index in [1.807, 2.05) is 44.2 Å². The predicted molar refractivity (Wildman–Crippen MR) is 76.6 cm³/mol. The number of nitrogens with zero attached hydrogens (tertiary/aromatic N) is 2. The number of nitrogens with two attached hydrogens (primary N) is 1. The Morgan fingerprint density at radius 1 is 1.35 bits per heavy atom. The van der Waals surface area contributed by atoms with Crippen molar-refractivity contribution in [3.63, 3.8) is 0 Å². The van der Waals surface area contributed by atoms with Gasteiger partial charge in [-0.15, -0.1) is 0 Å². The van der Waals surface area contributed by atoms with Gasteiger partial charge in [-0.2, -0.15) is 5.10 Å². The first-order chi connectivity index (χ1) is 9.56. The molecular formula is C15H19N3O2. The van der Waals surface area contributed by atoms with Crippen LogP contribution < -0.4 is 5.73 Å². The Morgan fingerprint density at radius 2 is 2.00 bits per heavy atom. The fourth-order valence-electron chi connectivity index (χ4n) is 2.28. The summed E-state index contributed by atoms with van der Waals surface area (Å²) in [4.78, 5) is 11.8. The summed E-state index contributed by atoms with van der Waals surface area (Å²) in [5.74, 6) is -0.425. The molecule has 0 amide bonds. The second-order valence-electron chi connectivity index (χ2n) is 4.56. The Bertz CT molecular complexity index is 605. The molecule has 0 aliphatic carbocycles. The second-order valence-corrected chi connectivity index (χ2v) is 4.56. The zero-order valence-corrected chi connectivity index (χ0v) is 12.0. The van der Waals surface area contributed by atoms with Gasteiger partial charge >= 0.3 is 5.97 Å². The Hall–Kier alpha value is -2.14. The Labute approximate surface area is 118 Å². The van der Waals surface area contributed by atoms with Crippen LogP contribution in [0, 0.1) is 13.8 Å². The molecule has 1 heterocycles. The van der Waals surface area contributed by atoms with E-state index in [1.165, 1.54) is 0 Å². The fourth-order valence-corrected chi connectivity index (χ4v) is 2.28. The summed E-state index contributed by atoms with van der Waals surface area (Å²) in [6, 6.07) is 8.94. The van der Waals surface area contributed by atoms with Gasteiger partial charge in [0.05, 0.1) is 18.0 Å². The molecule has 1 aromatic heterocycles. The van der Waals surface area contributed by atoms with Crippen molar-refractivity contribution in [1.82, 2.24) is 9.78 Å². The minimum absolute atomic E-state index is 0.317.